The third-order valence-electron chi connectivity index (χ3n) is 4.10. The summed E-state index contributed by atoms with van der Waals surface area (Å²) in [6.45, 7) is 4.32. The second-order valence-corrected chi connectivity index (χ2v) is 5.87. The summed E-state index contributed by atoms with van der Waals surface area (Å²) in [6.07, 6.45) is 4.98. The number of carbonyl (C=O) groups excluding carboxylic acids is 2. The van der Waals surface area contributed by atoms with Crippen LogP contribution >= 0.6 is 0 Å². The van der Waals surface area contributed by atoms with Gasteiger partial charge >= 0.3 is 0 Å². The molecule has 1 aliphatic rings. The van der Waals surface area contributed by atoms with E-state index >= 15 is 0 Å². The largest absolute Gasteiger partial charge is 0.468 e. The number of amides is 1. The van der Waals surface area contributed by atoms with Crippen LogP contribution in [0.1, 0.15) is 44.9 Å². The minimum atomic E-state index is -0.248. The molecule has 126 valence electrons. The van der Waals surface area contributed by atoms with Gasteiger partial charge in [0.05, 0.1) is 17.7 Å². The van der Waals surface area contributed by atoms with Gasteiger partial charge in [-0.1, -0.05) is 36.1 Å². The van der Waals surface area contributed by atoms with Crippen molar-refractivity contribution in [3.63, 3.8) is 0 Å². The van der Waals surface area contributed by atoms with Gasteiger partial charge in [-0.2, -0.15) is 0 Å². The first-order valence-corrected chi connectivity index (χ1v) is 8.28. The number of benzene rings is 1. The van der Waals surface area contributed by atoms with Crippen molar-refractivity contribution in [2.45, 2.75) is 19.3 Å². The number of aryl methyl sites for hydroxylation is 1. The van der Waals surface area contributed by atoms with Crippen LogP contribution in [-0.2, 0) is 6.42 Å². The Hall–Kier alpha value is -3.06. The van der Waals surface area contributed by atoms with Gasteiger partial charge < -0.3 is 9.32 Å². The molecule has 4 nitrogen and oxygen atoms in total. The lowest BCUT2D eigenvalue weighted by Crippen LogP contribution is -2.32. The summed E-state index contributed by atoms with van der Waals surface area (Å²) < 4.78 is 5.45. The van der Waals surface area contributed by atoms with Crippen LogP contribution in [0, 0.1) is 11.8 Å². The zero-order valence-electron chi connectivity index (χ0n) is 14.0. The predicted molar refractivity (Wildman–Crippen MR) is 95.4 cm³/mol. The van der Waals surface area contributed by atoms with Gasteiger partial charge in [0.2, 0.25) is 0 Å². The molecule has 25 heavy (non-hydrogen) atoms. The van der Waals surface area contributed by atoms with Gasteiger partial charge in [0, 0.05) is 24.9 Å². The Morgan fingerprint density at radius 3 is 2.84 bits per heavy atom. The SMILES string of the molecule is C=CCN(CC#Cc1ccccc1)C(=O)c1coc2c1C(=O)CCC2. The highest BCUT2D eigenvalue weighted by Gasteiger charge is 2.29. The molecule has 0 spiro atoms. The topological polar surface area (TPSA) is 50.5 Å². The van der Waals surface area contributed by atoms with Gasteiger partial charge in [-0.3, -0.25) is 9.59 Å². The van der Waals surface area contributed by atoms with Crippen molar-refractivity contribution in [1.82, 2.24) is 4.90 Å². The summed E-state index contributed by atoms with van der Waals surface area (Å²) in [4.78, 5) is 26.6. The smallest absolute Gasteiger partial charge is 0.258 e. The van der Waals surface area contributed by atoms with E-state index in [0.717, 1.165) is 12.0 Å². The molecule has 1 aliphatic carbocycles. The molecule has 0 saturated heterocycles. The molecular formula is C21H19NO3. The van der Waals surface area contributed by atoms with E-state index in [2.05, 4.69) is 18.4 Å². The molecule has 1 heterocycles. The second-order valence-electron chi connectivity index (χ2n) is 5.87. The van der Waals surface area contributed by atoms with E-state index < -0.39 is 0 Å². The molecule has 1 amide bonds. The standard InChI is InChI=1S/C21H19NO3/c1-2-13-22(14-7-10-16-8-4-3-5-9-16)21(24)17-15-25-19-12-6-11-18(23)20(17)19/h2-5,8-9,15H,1,6,11-14H2. The lowest BCUT2D eigenvalue weighted by Gasteiger charge is -2.18. The van der Waals surface area contributed by atoms with Crippen molar-refractivity contribution in [3.8, 4) is 11.8 Å². The van der Waals surface area contributed by atoms with Gasteiger partial charge in [-0.15, -0.1) is 6.58 Å². The molecule has 0 atom stereocenters. The number of nitrogens with zero attached hydrogens (tertiary/aromatic N) is 1. The lowest BCUT2D eigenvalue weighted by molar-refractivity contribution is 0.0786. The molecule has 0 bridgehead atoms. The first-order valence-electron chi connectivity index (χ1n) is 8.28. The zero-order valence-corrected chi connectivity index (χ0v) is 14.0. The Morgan fingerprint density at radius 1 is 1.28 bits per heavy atom. The number of hydrogen-bond donors (Lipinski definition) is 0. The van der Waals surface area contributed by atoms with Crippen LogP contribution in [0.25, 0.3) is 0 Å². The third-order valence-corrected chi connectivity index (χ3v) is 4.10. The van der Waals surface area contributed by atoms with E-state index in [1.54, 1.807) is 11.0 Å². The van der Waals surface area contributed by atoms with E-state index in [9.17, 15) is 9.59 Å². The Balaban J connectivity index is 1.80. The van der Waals surface area contributed by atoms with E-state index in [-0.39, 0.29) is 18.2 Å². The monoisotopic (exact) mass is 333 g/mol. The second kappa shape index (κ2) is 7.67. The molecule has 4 heteroatoms. The van der Waals surface area contributed by atoms with Crippen molar-refractivity contribution < 1.29 is 14.0 Å². The van der Waals surface area contributed by atoms with Crippen LogP contribution in [0.15, 0.2) is 53.7 Å². The lowest BCUT2D eigenvalue weighted by atomic mass is 9.94. The highest BCUT2D eigenvalue weighted by molar-refractivity contribution is 6.09. The molecule has 0 radical (unpaired) electrons. The quantitative estimate of drug-likeness (QED) is 0.636. The van der Waals surface area contributed by atoms with Gasteiger partial charge in [0.15, 0.2) is 5.78 Å². The normalized spacial score (nSPS) is 12.7. The zero-order chi connectivity index (χ0) is 17.6. The number of hydrogen-bond acceptors (Lipinski definition) is 3. The van der Waals surface area contributed by atoms with Crippen molar-refractivity contribution in [1.29, 1.82) is 0 Å². The molecule has 0 saturated carbocycles. The highest BCUT2D eigenvalue weighted by atomic mass is 16.3. The number of carbonyl (C=O) groups is 2. The average molecular weight is 333 g/mol. The fourth-order valence-corrected chi connectivity index (χ4v) is 2.88. The molecule has 0 fully saturated rings. The van der Waals surface area contributed by atoms with Crippen molar-refractivity contribution >= 4 is 11.7 Å². The first-order chi connectivity index (χ1) is 12.2. The number of ketones is 1. The maximum absolute atomic E-state index is 12.9. The van der Waals surface area contributed by atoms with E-state index in [4.69, 9.17) is 4.42 Å². The van der Waals surface area contributed by atoms with Crippen LogP contribution < -0.4 is 0 Å². The fourth-order valence-electron chi connectivity index (χ4n) is 2.88. The Bertz CT molecular complexity index is 852. The minimum Gasteiger partial charge on any atom is -0.468 e. The Labute approximate surface area is 147 Å². The average Bonchev–Trinajstić information content (AvgIpc) is 3.07. The first kappa shape index (κ1) is 16.8. The van der Waals surface area contributed by atoms with Crippen LogP contribution in [0.2, 0.25) is 0 Å². The number of furan rings is 1. The summed E-state index contributed by atoms with van der Waals surface area (Å²) in [5.74, 6) is 6.40. The summed E-state index contributed by atoms with van der Waals surface area (Å²) >= 11 is 0. The molecule has 1 aromatic heterocycles. The van der Waals surface area contributed by atoms with Gasteiger partial charge in [0.1, 0.15) is 12.0 Å². The molecule has 0 N–H and O–H groups in total. The van der Waals surface area contributed by atoms with Crippen LogP contribution in [0.4, 0.5) is 0 Å². The van der Waals surface area contributed by atoms with Crippen molar-refractivity contribution in [2.75, 3.05) is 13.1 Å². The fraction of sp³-hybridized carbons (Fsp3) is 0.238. The Kier molecular flexibility index (Phi) is 5.15. The predicted octanol–water partition coefficient (Wildman–Crippen LogP) is 3.48. The van der Waals surface area contributed by atoms with Crippen LogP contribution in [0.5, 0.6) is 0 Å². The number of Topliss-reactive ketones (excluding diaryl/α,β-unsaturated/α-hetero) is 1. The maximum Gasteiger partial charge on any atom is 0.258 e. The van der Waals surface area contributed by atoms with E-state index in [1.807, 2.05) is 30.3 Å². The third kappa shape index (κ3) is 3.72. The molecule has 1 aromatic carbocycles. The van der Waals surface area contributed by atoms with Gasteiger partial charge in [-0.05, 0) is 18.6 Å². The molecule has 2 aromatic rings. The van der Waals surface area contributed by atoms with Crippen molar-refractivity contribution in [3.05, 3.63) is 71.7 Å². The van der Waals surface area contributed by atoms with Crippen LogP contribution in [0.3, 0.4) is 0 Å². The highest BCUT2D eigenvalue weighted by Crippen LogP contribution is 2.27. The van der Waals surface area contributed by atoms with Crippen molar-refractivity contribution in [2.24, 2.45) is 0 Å². The summed E-state index contributed by atoms with van der Waals surface area (Å²) in [5.41, 5.74) is 1.67. The molecule has 0 aliphatic heterocycles. The molecule has 3 rings (SSSR count). The summed E-state index contributed by atoms with van der Waals surface area (Å²) in [6, 6.07) is 9.59. The molecule has 0 unspecified atom stereocenters. The van der Waals surface area contributed by atoms with Gasteiger partial charge in [0.25, 0.3) is 5.91 Å². The number of rotatable bonds is 4. The van der Waals surface area contributed by atoms with Crippen LogP contribution in [-0.4, -0.2) is 29.7 Å². The maximum atomic E-state index is 12.9. The Morgan fingerprint density at radius 2 is 2.08 bits per heavy atom. The minimum absolute atomic E-state index is 0.0210. The summed E-state index contributed by atoms with van der Waals surface area (Å²) in [7, 11) is 0. The van der Waals surface area contributed by atoms with E-state index in [0.29, 0.717) is 36.3 Å². The van der Waals surface area contributed by atoms with Gasteiger partial charge in [-0.25, -0.2) is 0 Å². The van der Waals surface area contributed by atoms with E-state index in [1.165, 1.54) is 6.26 Å². The number of fused-ring (bicyclic) bond motifs is 1. The summed E-state index contributed by atoms with van der Waals surface area (Å²) in [5, 5.41) is 0. The molecular weight excluding hydrogens is 314 g/mol.